The van der Waals surface area contributed by atoms with Gasteiger partial charge in [0.05, 0.1) is 12.3 Å². The largest absolute Gasteiger partial charge is 0.461 e. The van der Waals surface area contributed by atoms with E-state index in [0.29, 0.717) is 12.4 Å². The molecule has 0 unspecified atom stereocenters. The fourth-order valence-corrected chi connectivity index (χ4v) is 1.82. The second-order valence-electron chi connectivity index (χ2n) is 3.92. The molecular weight excluding hydrogens is 248 g/mol. The van der Waals surface area contributed by atoms with E-state index < -0.39 is 5.97 Å². The molecule has 3 rings (SSSR count). The molecule has 0 atom stereocenters. The van der Waals surface area contributed by atoms with Crippen molar-refractivity contribution >= 4 is 5.97 Å². The predicted octanol–water partition coefficient (Wildman–Crippen LogP) is 1.78. The molecule has 0 N–H and O–H groups in total. The average molecular weight is 260 g/mol. The summed E-state index contributed by atoms with van der Waals surface area (Å²) in [6.07, 6.45) is 3.18. The van der Waals surface area contributed by atoms with E-state index in [0.717, 1.165) is 11.4 Å². The lowest BCUT2D eigenvalue weighted by Crippen LogP contribution is -2.04. The number of nitrogens with zero attached hydrogens (tertiary/aromatic N) is 2. The van der Waals surface area contributed by atoms with Crippen LogP contribution in [0.2, 0.25) is 0 Å². The van der Waals surface area contributed by atoms with Crippen molar-refractivity contribution in [2.24, 2.45) is 0 Å². The normalized spacial score (nSPS) is 12.5. The Morgan fingerprint density at radius 2 is 2.26 bits per heavy atom. The average Bonchev–Trinajstić information content (AvgIpc) is 3.07. The van der Waals surface area contributed by atoms with Crippen LogP contribution in [0.25, 0.3) is 5.69 Å². The number of benzene rings is 1. The molecular formula is C13H12N2O4. The van der Waals surface area contributed by atoms with Gasteiger partial charge >= 0.3 is 5.97 Å². The third-order valence-electron chi connectivity index (χ3n) is 2.72. The van der Waals surface area contributed by atoms with Gasteiger partial charge in [0, 0.05) is 12.3 Å². The van der Waals surface area contributed by atoms with Gasteiger partial charge in [-0.15, -0.1) is 0 Å². The Bertz CT molecular complexity index is 621. The van der Waals surface area contributed by atoms with E-state index in [9.17, 15) is 4.79 Å². The summed E-state index contributed by atoms with van der Waals surface area (Å²) in [5, 5.41) is 0. The van der Waals surface area contributed by atoms with E-state index in [1.807, 2.05) is 18.2 Å². The van der Waals surface area contributed by atoms with E-state index in [-0.39, 0.29) is 12.5 Å². The number of fused-ring (bicyclic) bond motifs is 1. The molecule has 1 aliphatic rings. The van der Waals surface area contributed by atoms with Crippen molar-refractivity contribution in [3.63, 3.8) is 0 Å². The minimum absolute atomic E-state index is 0.233. The minimum Gasteiger partial charge on any atom is -0.461 e. The van der Waals surface area contributed by atoms with Crippen LogP contribution in [0, 0.1) is 0 Å². The molecule has 1 aromatic carbocycles. The summed E-state index contributed by atoms with van der Waals surface area (Å²) < 4.78 is 17.2. The fraction of sp³-hybridized carbons (Fsp3) is 0.231. The van der Waals surface area contributed by atoms with Crippen LogP contribution in [0.5, 0.6) is 11.5 Å². The van der Waals surface area contributed by atoms with Crippen molar-refractivity contribution in [3.05, 3.63) is 36.4 Å². The first-order chi connectivity index (χ1) is 9.28. The fourth-order valence-electron chi connectivity index (χ4n) is 1.82. The Kier molecular flexibility index (Phi) is 2.83. The van der Waals surface area contributed by atoms with Crippen LogP contribution in [-0.2, 0) is 4.74 Å². The molecule has 0 amide bonds. The molecule has 2 heterocycles. The van der Waals surface area contributed by atoms with Gasteiger partial charge in [0.2, 0.25) is 6.79 Å². The number of hydrogen-bond acceptors (Lipinski definition) is 5. The lowest BCUT2D eigenvalue weighted by molar-refractivity contribution is 0.0520. The second kappa shape index (κ2) is 4.64. The molecule has 0 spiro atoms. The number of carbonyl (C=O) groups excluding carboxylic acids is 1. The van der Waals surface area contributed by atoms with Crippen molar-refractivity contribution in [2.75, 3.05) is 13.4 Å². The first-order valence-corrected chi connectivity index (χ1v) is 5.89. The summed E-state index contributed by atoms with van der Waals surface area (Å²) in [5.41, 5.74) is 1.12. The molecule has 19 heavy (non-hydrogen) atoms. The molecule has 6 nitrogen and oxygen atoms in total. The highest BCUT2D eigenvalue weighted by atomic mass is 16.7. The van der Waals surface area contributed by atoms with E-state index in [2.05, 4.69) is 4.98 Å². The van der Waals surface area contributed by atoms with Crippen molar-refractivity contribution in [3.8, 4) is 17.2 Å². The maximum atomic E-state index is 11.5. The second-order valence-corrected chi connectivity index (χ2v) is 3.92. The van der Waals surface area contributed by atoms with Gasteiger partial charge in [-0.25, -0.2) is 9.78 Å². The number of esters is 1. The van der Waals surface area contributed by atoms with Crippen LogP contribution in [-0.4, -0.2) is 28.9 Å². The third-order valence-corrected chi connectivity index (χ3v) is 2.72. The van der Waals surface area contributed by atoms with Gasteiger partial charge in [0.25, 0.3) is 0 Å². The summed E-state index contributed by atoms with van der Waals surface area (Å²) in [6.45, 7) is 2.32. The first-order valence-electron chi connectivity index (χ1n) is 5.89. The van der Waals surface area contributed by atoms with Gasteiger partial charge in [-0.3, -0.25) is 0 Å². The summed E-state index contributed by atoms with van der Waals surface area (Å²) in [5.74, 6) is 0.973. The van der Waals surface area contributed by atoms with Crippen LogP contribution in [0.15, 0.2) is 30.7 Å². The smallest absolute Gasteiger partial charge is 0.358 e. The Morgan fingerprint density at radius 1 is 1.42 bits per heavy atom. The molecule has 0 bridgehead atoms. The molecule has 0 saturated heterocycles. The zero-order chi connectivity index (χ0) is 13.2. The number of carbonyl (C=O) groups is 1. The zero-order valence-electron chi connectivity index (χ0n) is 10.3. The number of aromatic nitrogens is 2. The van der Waals surface area contributed by atoms with E-state index in [1.165, 1.54) is 0 Å². The lowest BCUT2D eigenvalue weighted by atomic mass is 10.3. The monoisotopic (exact) mass is 260 g/mol. The van der Waals surface area contributed by atoms with E-state index in [4.69, 9.17) is 14.2 Å². The summed E-state index contributed by atoms with van der Waals surface area (Å²) in [4.78, 5) is 15.6. The topological polar surface area (TPSA) is 62.6 Å². The van der Waals surface area contributed by atoms with Gasteiger partial charge in [-0.1, -0.05) is 0 Å². The van der Waals surface area contributed by atoms with Gasteiger partial charge in [0.1, 0.15) is 6.33 Å². The minimum atomic E-state index is -0.429. The maximum absolute atomic E-state index is 11.5. The first kappa shape index (κ1) is 11.6. The van der Waals surface area contributed by atoms with Gasteiger partial charge in [-0.2, -0.15) is 0 Å². The van der Waals surface area contributed by atoms with Gasteiger partial charge in [0.15, 0.2) is 17.2 Å². The molecule has 6 heteroatoms. The molecule has 0 aliphatic carbocycles. The number of rotatable bonds is 3. The highest BCUT2D eigenvalue weighted by molar-refractivity contribution is 5.87. The van der Waals surface area contributed by atoms with Crippen LogP contribution in [0.4, 0.5) is 0 Å². The summed E-state index contributed by atoms with van der Waals surface area (Å²) in [7, 11) is 0. The summed E-state index contributed by atoms with van der Waals surface area (Å²) >= 11 is 0. The molecule has 1 aliphatic heterocycles. The molecule has 0 radical (unpaired) electrons. The highest BCUT2D eigenvalue weighted by Gasteiger charge is 2.15. The van der Waals surface area contributed by atoms with Gasteiger partial charge in [-0.05, 0) is 19.1 Å². The standard InChI is InChI=1S/C13H12N2O4/c1-2-17-13(16)10-6-15(7-14-10)9-3-4-11-12(5-9)19-8-18-11/h3-7H,2,8H2,1H3. The number of ether oxygens (including phenoxy) is 3. The Hall–Kier alpha value is -2.50. The van der Waals surface area contributed by atoms with Crippen LogP contribution >= 0.6 is 0 Å². The number of imidazole rings is 1. The Balaban J connectivity index is 1.88. The van der Waals surface area contributed by atoms with Crippen molar-refractivity contribution in [1.29, 1.82) is 0 Å². The van der Waals surface area contributed by atoms with Crippen LogP contribution < -0.4 is 9.47 Å². The quantitative estimate of drug-likeness (QED) is 0.787. The van der Waals surface area contributed by atoms with Gasteiger partial charge < -0.3 is 18.8 Å². The lowest BCUT2D eigenvalue weighted by Gasteiger charge is -2.03. The van der Waals surface area contributed by atoms with Crippen molar-refractivity contribution in [2.45, 2.75) is 6.92 Å². The molecule has 1 aromatic heterocycles. The Labute approximate surface area is 109 Å². The predicted molar refractivity (Wildman–Crippen MR) is 65.6 cm³/mol. The van der Waals surface area contributed by atoms with E-state index in [1.54, 1.807) is 24.0 Å². The van der Waals surface area contributed by atoms with Crippen LogP contribution in [0.1, 0.15) is 17.4 Å². The molecule has 0 saturated carbocycles. The highest BCUT2D eigenvalue weighted by Crippen LogP contribution is 2.33. The summed E-state index contributed by atoms with van der Waals surface area (Å²) in [6, 6.07) is 5.52. The van der Waals surface area contributed by atoms with Crippen molar-refractivity contribution in [1.82, 2.24) is 9.55 Å². The SMILES string of the molecule is CCOC(=O)c1cn(-c2ccc3c(c2)OCO3)cn1. The van der Waals surface area contributed by atoms with E-state index >= 15 is 0 Å². The van der Waals surface area contributed by atoms with Crippen molar-refractivity contribution < 1.29 is 19.0 Å². The number of hydrogen-bond donors (Lipinski definition) is 0. The third kappa shape index (κ3) is 2.12. The molecule has 0 fully saturated rings. The Morgan fingerprint density at radius 3 is 3.11 bits per heavy atom. The molecule has 2 aromatic rings. The van der Waals surface area contributed by atoms with Crippen LogP contribution in [0.3, 0.4) is 0 Å². The zero-order valence-corrected chi connectivity index (χ0v) is 10.3. The molecule has 98 valence electrons. The maximum Gasteiger partial charge on any atom is 0.358 e.